The van der Waals surface area contributed by atoms with E-state index in [1.165, 1.54) is 0 Å². The van der Waals surface area contributed by atoms with Crippen LogP contribution in [0.4, 0.5) is 0 Å². The number of rotatable bonds is 2. The number of hydrogen-bond donors (Lipinski definition) is 0. The molecule has 0 radical (unpaired) electrons. The number of imidazole rings is 1. The van der Waals surface area contributed by atoms with Gasteiger partial charge in [0.2, 0.25) is 0 Å². The number of nitrogens with zero attached hydrogens (tertiary/aromatic N) is 3. The standard InChI is InChI=1S/C11H11N3O2.Li/c1-7-10(11(15)16)13-8(2)14(7)9-5-3-4-6-12-9;/h3-6H,1-2H3,(H,15,16);/q;+1/p-1. The Morgan fingerprint density at radius 1 is 1.35 bits per heavy atom. The number of aromatic carboxylic acids is 1. The van der Waals surface area contributed by atoms with Crippen molar-refractivity contribution in [2.24, 2.45) is 0 Å². The first-order valence-electron chi connectivity index (χ1n) is 4.80. The van der Waals surface area contributed by atoms with Crippen LogP contribution in [-0.2, 0) is 0 Å². The van der Waals surface area contributed by atoms with E-state index in [4.69, 9.17) is 0 Å². The maximum absolute atomic E-state index is 10.8. The van der Waals surface area contributed by atoms with Gasteiger partial charge in [-0.2, -0.15) is 0 Å². The maximum Gasteiger partial charge on any atom is 1.00 e. The summed E-state index contributed by atoms with van der Waals surface area (Å²) in [7, 11) is 0. The molecule has 0 aromatic carbocycles. The molecular weight excluding hydrogens is 213 g/mol. The zero-order valence-electron chi connectivity index (χ0n) is 9.97. The number of aryl methyl sites for hydroxylation is 1. The summed E-state index contributed by atoms with van der Waals surface area (Å²) in [6, 6.07) is 5.42. The van der Waals surface area contributed by atoms with Gasteiger partial charge in [0.05, 0.1) is 11.7 Å². The third-order valence-electron chi connectivity index (χ3n) is 2.35. The third kappa shape index (κ3) is 2.41. The van der Waals surface area contributed by atoms with Crippen LogP contribution >= 0.6 is 0 Å². The zero-order chi connectivity index (χ0) is 11.7. The molecule has 0 saturated carbocycles. The minimum absolute atomic E-state index is 0. The van der Waals surface area contributed by atoms with E-state index in [2.05, 4.69) is 9.97 Å². The van der Waals surface area contributed by atoms with Crippen LogP contribution in [0.5, 0.6) is 0 Å². The van der Waals surface area contributed by atoms with Crippen LogP contribution in [-0.4, -0.2) is 20.5 Å². The fraction of sp³-hybridized carbons (Fsp3) is 0.182. The van der Waals surface area contributed by atoms with Crippen molar-refractivity contribution < 1.29 is 28.8 Å². The van der Waals surface area contributed by atoms with Gasteiger partial charge in [-0.1, -0.05) is 6.07 Å². The quantitative estimate of drug-likeness (QED) is 0.517. The molecule has 17 heavy (non-hydrogen) atoms. The summed E-state index contributed by atoms with van der Waals surface area (Å²) in [6.45, 7) is 3.41. The Bertz CT molecular complexity index is 537. The molecule has 2 aromatic rings. The topological polar surface area (TPSA) is 70.8 Å². The van der Waals surface area contributed by atoms with Crippen molar-refractivity contribution in [1.29, 1.82) is 0 Å². The van der Waals surface area contributed by atoms with E-state index in [1.54, 1.807) is 36.7 Å². The van der Waals surface area contributed by atoms with Crippen LogP contribution in [0.1, 0.15) is 22.0 Å². The number of carboxylic acids is 1. The molecule has 0 unspecified atom stereocenters. The summed E-state index contributed by atoms with van der Waals surface area (Å²) in [5.74, 6) is -0.0387. The second-order valence-corrected chi connectivity index (χ2v) is 3.40. The van der Waals surface area contributed by atoms with Gasteiger partial charge in [-0.15, -0.1) is 0 Å². The fourth-order valence-electron chi connectivity index (χ4n) is 1.66. The van der Waals surface area contributed by atoms with E-state index in [0.29, 0.717) is 17.3 Å². The second kappa shape index (κ2) is 5.17. The van der Waals surface area contributed by atoms with E-state index >= 15 is 0 Å². The molecule has 0 aliphatic heterocycles. The Balaban J connectivity index is 0.00000144. The number of aromatic nitrogens is 3. The monoisotopic (exact) mass is 223 g/mol. The Morgan fingerprint density at radius 3 is 2.53 bits per heavy atom. The van der Waals surface area contributed by atoms with Crippen molar-refractivity contribution >= 4 is 5.97 Å². The van der Waals surface area contributed by atoms with E-state index in [1.807, 2.05) is 6.07 Å². The summed E-state index contributed by atoms with van der Waals surface area (Å²) in [5, 5.41) is 10.8. The molecule has 0 aliphatic rings. The predicted octanol–water partition coefficient (Wildman–Crippen LogP) is -2.75. The predicted molar refractivity (Wildman–Crippen MR) is 55.2 cm³/mol. The molecule has 2 heterocycles. The first kappa shape index (κ1) is 13.5. The molecular formula is C11H10LiN3O2. The van der Waals surface area contributed by atoms with Gasteiger partial charge in [0.25, 0.3) is 0 Å². The average molecular weight is 223 g/mol. The Hall–Kier alpha value is -1.57. The van der Waals surface area contributed by atoms with Crippen molar-refractivity contribution in [3.05, 3.63) is 41.6 Å². The Kier molecular flexibility index (Phi) is 4.10. The molecule has 0 bridgehead atoms. The molecule has 0 amide bonds. The van der Waals surface area contributed by atoms with Gasteiger partial charge in [0.1, 0.15) is 17.3 Å². The van der Waals surface area contributed by atoms with Gasteiger partial charge in [0, 0.05) is 6.20 Å². The SMILES string of the molecule is Cc1nc(C(=O)[O-])c(C)n1-c1ccccn1.[Li+]. The second-order valence-electron chi connectivity index (χ2n) is 3.40. The zero-order valence-corrected chi connectivity index (χ0v) is 9.97. The smallest absolute Gasteiger partial charge is 0.543 e. The van der Waals surface area contributed by atoms with Crippen molar-refractivity contribution in [3.8, 4) is 5.82 Å². The number of hydrogen-bond acceptors (Lipinski definition) is 4. The van der Waals surface area contributed by atoms with Crippen LogP contribution in [0.15, 0.2) is 24.4 Å². The van der Waals surface area contributed by atoms with E-state index in [9.17, 15) is 9.90 Å². The molecule has 82 valence electrons. The van der Waals surface area contributed by atoms with Gasteiger partial charge in [-0.05, 0) is 26.0 Å². The first-order valence-corrected chi connectivity index (χ1v) is 4.80. The molecule has 0 saturated heterocycles. The Morgan fingerprint density at radius 2 is 2.06 bits per heavy atom. The van der Waals surface area contributed by atoms with E-state index in [0.717, 1.165) is 0 Å². The summed E-state index contributed by atoms with van der Waals surface area (Å²) in [6.07, 6.45) is 1.65. The summed E-state index contributed by atoms with van der Waals surface area (Å²) >= 11 is 0. The third-order valence-corrected chi connectivity index (χ3v) is 2.35. The molecule has 6 heteroatoms. The van der Waals surface area contributed by atoms with Crippen LogP contribution in [0, 0.1) is 13.8 Å². The number of carbonyl (C=O) groups is 1. The van der Waals surface area contributed by atoms with Gasteiger partial charge in [0.15, 0.2) is 0 Å². The largest absolute Gasteiger partial charge is 1.00 e. The Labute approximate surface area is 111 Å². The van der Waals surface area contributed by atoms with Crippen LogP contribution < -0.4 is 24.0 Å². The van der Waals surface area contributed by atoms with Crippen molar-refractivity contribution in [3.63, 3.8) is 0 Å². The normalized spacial score (nSPS) is 9.76. The van der Waals surface area contributed by atoms with Crippen LogP contribution in [0.3, 0.4) is 0 Å². The minimum atomic E-state index is -1.27. The molecule has 0 atom stereocenters. The maximum atomic E-state index is 10.8. The van der Waals surface area contributed by atoms with Gasteiger partial charge in [-0.25, -0.2) is 9.97 Å². The minimum Gasteiger partial charge on any atom is -0.543 e. The molecule has 2 rings (SSSR count). The summed E-state index contributed by atoms with van der Waals surface area (Å²) in [4.78, 5) is 18.9. The van der Waals surface area contributed by atoms with Crippen LogP contribution in [0.25, 0.3) is 5.82 Å². The van der Waals surface area contributed by atoms with E-state index in [-0.39, 0.29) is 24.6 Å². The van der Waals surface area contributed by atoms with Crippen molar-refractivity contribution in [2.75, 3.05) is 0 Å². The molecule has 0 spiro atoms. The van der Waals surface area contributed by atoms with E-state index < -0.39 is 5.97 Å². The number of pyridine rings is 1. The van der Waals surface area contributed by atoms with Crippen molar-refractivity contribution in [2.45, 2.75) is 13.8 Å². The summed E-state index contributed by atoms with van der Waals surface area (Å²) in [5.41, 5.74) is 0.486. The first-order chi connectivity index (χ1) is 7.61. The molecule has 0 N–H and O–H groups in total. The van der Waals surface area contributed by atoms with Gasteiger partial charge in [-0.3, -0.25) is 4.57 Å². The van der Waals surface area contributed by atoms with Gasteiger partial charge >= 0.3 is 18.9 Å². The molecule has 0 fully saturated rings. The molecule has 5 nitrogen and oxygen atoms in total. The molecule has 0 aliphatic carbocycles. The molecule has 2 aromatic heterocycles. The fourth-order valence-corrected chi connectivity index (χ4v) is 1.66. The summed E-state index contributed by atoms with van der Waals surface area (Å²) < 4.78 is 1.69. The van der Waals surface area contributed by atoms with Crippen LogP contribution in [0.2, 0.25) is 0 Å². The van der Waals surface area contributed by atoms with Gasteiger partial charge < -0.3 is 9.90 Å². The average Bonchev–Trinajstić information content (AvgIpc) is 2.56. The number of carbonyl (C=O) groups excluding carboxylic acids is 1. The number of carboxylic acid groups (broad SMARTS) is 1. The van der Waals surface area contributed by atoms with Crippen molar-refractivity contribution in [1.82, 2.24) is 14.5 Å².